The molecule has 0 aromatic carbocycles. The van der Waals surface area contributed by atoms with E-state index in [9.17, 15) is 9.59 Å². The Morgan fingerprint density at radius 3 is 2.90 bits per heavy atom. The maximum atomic E-state index is 12.2. The summed E-state index contributed by atoms with van der Waals surface area (Å²) in [7, 11) is 0. The Labute approximate surface area is 175 Å². The molecular formula is C21H29N5O4. The van der Waals surface area contributed by atoms with Gasteiger partial charge in [0.15, 0.2) is 5.82 Å². The molecule has 4 rings (SSSR count). The van der Waals surface area contributed by atoms with Crippen LogP contribution in [0.5, 0.6) is 0 Å². The number of aromatic nitrogens is 3. The average Bonchev–Trinajstić information content (AvgIpc) is 3.41. The van der Waals surface area contributed by atoms with Gasteiger partial charge in [0, 0.05) is 36.3 Å². The van der Waals surface area contributed by atoms with Gasteiger partial charge >= 0.3 is 6.09 Å². The van der Waals surface area contributed by atoms with Gasteiger partial charge < -0.3 is 19.5 Å². The molecule has 2 aromatic rings. The summed E-state index contributed by atoms with van der Waals surface area (Å²) in [4.78, 5) is 26.2. The molecule has 30 heavy (non-hydrogen) atoms. The largest absolute Gasteiger partial charge is 0.449 e. The first-order chi connectivity index (χ1) is 14.5. The number of nitrogens with zero attached hydrogens (tertiary/aromatic N) is 3. The molecule has 1 saturated heterocycles. The SMILES string of the molecule is CCC1CCN1C(=O)OCC1CC[C@H](c2cc(NC(=O)Cc3cc(C)no3)n[nH]2)C1. The Morgan fingerprint density at radius 1 is 1.33 bits per heavy atom. The van der Waals surface area contributed by atoms with Crippen LogP contribution in [0.3, 0.4) is 0 Å². The van der Waals surface area contributed by atoms with Crippen LogP contribution in [-0.2, 0) is 16.0 Å². The fraction of sp³-hybridized carbons (Fsp3) is 0.619. The van der Waals surface area contributed by atoms with Crippen molar-refractivity contribution in [1.29, 1.82) is 0 Å². The van der Waals surface area contributed by atoms with E-state index in [1.54, 1.807) is 6.07 Å². The normalized spacial score (nSPS) is 23.3. The molecule has 9 heteroatoms. The number of carbonyl (C=O) groups excluding carboxylic acids is 2. The van der Waals surface area contributed by atoms with Crippen LogP contribution in [-0.4, -0.2) is 51.4 Å². The smallest absolute Gasteiger partial charge is 0.410 e. The van der Waals surface area contributed by atoms with E-state index in [0.717, 1.165) is 50.0 Å². The van der Waals surface area contributed by atoms with Gasteiger partial charge in [-0.1, -0.05) is 12.1 Å². The second-order valence-corrected chi connectivity index (χ2v) is 8.37. The van der Waals surface area contributed by atoms with Crippen molar-refractivity contribution in [3.8, 4) is 0 Å². The highest BCUT2D eigenvalue weighted by molar-refractivity contribution is 5.91. The van der Waals surface area contributed by atoms with E-state index in [1.165, 1.54) is 0 Å². The Morgan fingerprint density at radius 2 is 2.20 bits per heavy atom. The van der Waals surface area contributed by atoms with E-state index in [4.69, 9.17) is 9.26 Å². The number of hydrogen-bond donors (Lipinski definition) is 2. The summed E-state index contributed by atoms with van der Waals surface area (Å²) in [5.74, 6) is 1.52. The number of H-pyrrole nitrogens is 1. The monoisotopic (exact) mass is 415 g/mol. The van der Waals surface area contributed by atoms with Crippen LogP contribution in [0.4, 0.5) is 10.6 Å². The molecule has 2 fully saturated rings. The molecule has 9 nitrogen and oxygen atoms in total. The molecule has 1 saturated carbocycles. The molecule has 3 atom stereocenters. The Bertz CT molecular complexity index is 890. The Balaban J connectivity index is 1.22. The highest BCUT2D eigenvalue weighted by Crippen LogP contribution is 2.38. The van der Waals surface area contributed by atoms with Gasteiger partial charge in [0.1, 0.15) is 5.76 Å². The molecule has 0 radical (unpaired) electrons. The number of amides is 2. The first kappa shape index (κ1) is 20.4. The van der Waals surface area contributed by atoms with Gasteiger partial charge in [-0.2, -0.15) is 5.10 Å². The van der Waals surface area contributed by atoms with Gasteiger partial charge in [-0.05, 0) is 44.9 Å². The van der Waals surface area contributed by atoms with Crippen LogP contribution in [0, 0.1) is 12.8 Å². The molecule has 2 N–H and O–H groups in total. The number of anilines is 1. The van der Waals surface area contributed by atoms with E-state index in [-0.39, 0.29) is 18.4 Å². The quantitative estimate of drug-likeness (QED) is 0.717. The molecule has 0 spiro atoms. The second kappa shape index (κ2) is 8.89. The van der Waals surface area contributed by atoms with Crippen molar-refractivity contribution in [2.75, 3.05) is 18.5 Å². The first-order valence-electron chi connectivity index (χ1n) is 10.7. The van der Waals surface area contributed by atoms with E-state index in [1.807, 2.05) is 17.9 Å². The van der Waals surface area contributed by atoms with E-state index < -0.39 is 0 Å². The third-order valence-corrected chi connectivity index (χ3v) is 6.15. The number of aromatic amines is 1. The Hall–Kier alpha value is -2.84. The standard InChI is InChI=1S/C21H29N5O4/c1-3-16-6-7-26(16)21(28)29-12-14-4-5-15(9-14)18-11-19(24-23-18)22-20(27)10-17-8-13(2)25-30-17/h8,11,14-16H,3-7,9-10,12H2,1-2H3,(H2,22,23,24,27)/t14?,15-,16?/m0/s1. The number of likely N-dealkylation sites (tertiary alicyclic amines) is 1. The summed E-state index contributed by atoms with van der Waals surface area (Å²) >= 11 is 0. The molecule has 2 aliphatic rings. The predicted octanol–water partition coefficient (Wildman–Crippen LogP) is 3.39. The highest BCUT2D eigenvalue weighted by Gasteiger charge is 2.33. The summed E-state index contributed by atoms with van der Waals surface area (Å²) in [6.07, 6.45) is 4.97. The zero-order valence-corrected chi connectivity index (χ0v) is 17.5. The summed E-state index contributed by atoms with van der Waals surface area (Å²) in [5.41, 5.74) is 1.75. The molecule has 162 valence electrons. The number of carbonyl (C=O) groups is 2. The van der Waals surface area contributed by atoms with Crippen molar-refractivity contribution in [1.82, 2.24) is 20.3 Å². The highest BCUT2D eigenvalue weighted by atomic mass is 16.6. The summed E-state index contributed by atoms with van der Waals surface area (Å²) in [5, 5.41) is 13.8. The summed E-state index contributed by atoms with van der Waals surface area (Å²) in [6, 6.07) is 3.97. The van der Waals surface area contributed by atoms with Crippen LogP contribution in [0.15, 0.2) is 16.7 Å². The number of rotatable bonds is 7. The predicted molar refractivity (Wildman–Crippen MR) is 109 cm³/mol. The minimum absolute atomic E-state index is 0.121. The van der Waals surface area contributed by atoms with Crippen LogP contribution < -0.4 is 5.32 Å². The van der Waals surface area contributed by atoms with Crippen molar-refractivity contribution >= 4 is 17.8 Å². The fourth-order valence-corrected chi connectivity index (χ4v) is 4.34. The van der Waals surface area contributed by atoms with Gasteiger partial charge in [0.2, 0.25) is 5.91 Å². The van der Waals surface area contributed by atoms with Crippen molar-refractivity contribution in [2.24, 2.45) is 5.92 Å². The maximum Gasteiger partial charge on any atom is 0.410 e. The summed E-state index contributed by atoms with van der Waals surface area (Å²) in [6.45, 7) is 5.19. The lowest BCUT2D eigenvalue weighted by molar-refractivity contribution is -0.115. The zero-order chi connectivity index (χ0) is 21.1. The van der Waals surface area contributed by atoms with Gasteiger partial charge in [0.25, 0.3) is 0 Å². The van der Waals surface area contributed by atoms with Crippen LogP contribution in [0.25, 0.3) is 0 Å². The van der Waals surface area contributed by atoms with Crippen molar-refractivity contribution in [3.05, 3.63) is 29.3 Å². The third-order valence-electron chi connectivity index (χ3n) is 6.15. The second-order valence-electron chi connectivity index (χ2n) is 8.37. The minimum Gasteiger partial charge on any atom is -0.449 e. The molecule has 2 unspecified atom stereocenters. The van der Waals surface area contributed by atoms with E-state index in [2.05, 4.69) is 27.6 Å². The van der Waals surface area contributed by atoms with E-state index in [0.29, 0.717) is 36.1 Å². The number of ether oxygens (including phenoxy) is 1. The zero-order valence-electron chi connectivity index (χ0n) is 17.5. The third kappa shape index (κ3) is 4.66. The average molecular weight is 415 g/mol. The summed E-state index contributed by atoms with van der Waals surface area (Å²) < 4.78 is 10.6. The lowest BCUT2D eigenvalue weighted by Gasteiger charge is -2.39. The number of hydrogen-bond acceptors (Lipinski definition) is 6. The molecule has 2 amide bonds. The minimum atomic E-state index is -0.197. The van der Waals surface area contributed by atoms with Crippen LogP contribution in [0.2, 0.25) is 0 Å². The molecule has 1 aliphatic carbocycles. The fourth-order valence-electron chi connectivity index (χ4n) is 4.34. The van der Waals surface area contributed by atoms with Gasteiger partial charge in [-0.15, -0.1) is 0 Å². The van der Waals surface area contributed by atoms with Crippen LogP contribution in [0.1, 0.15) is 62.1 Å². The van der Waals surface area contributed by atoms with Gasteiger partial charge in [0.05, 0.1) is 18.7 Å². The molecule has 3 heterocycles. The molecule has 0 bridgehead atoms. The Kier molecular flexibility index (Phi) is 6.06. The van der Waals surface area contributed by atoms with Crippen molar-refractivity contribution in [3.63, 3.8) is 0 Å². The van der Waals surface area contributed by atoms with Crippen LogP contribution >= 0.6 is 0 Å². The lowest BCUT2D eigenvalue weighted by atomic mass is 10.0. The lowest BCUT2D eigenvalue weighted by Crippen LogP contribution is -2.51. The molecular weight excluding hydrogens is 386 g/mol. The van der Waals surface area contributed by atoms with Gasteiger partial charge in [-0.25, -0.2) is 4.79 Å². The molecule has 1 aliphatic heterocycles. The number of aryl methyl sites for hydroxylation is 1. The number of nitrogens with one attached hydrogen (secondary N) is 2. The topological polar surface area (TPSA) is 113 Å². The molecule has 2 aromatic heterocycles. The maximum absolute atomic E-state index is 12.2. The first-order valence-corrected chi connectivity index (χ1v) is 10.7. The van der Waals surface area contributed by atoms with E-state index >= 15 is 0 Å². The van der Waals surface area contributed by atoms with Crippen molar-refractivity contribution < 1.29 is 18.8 Å². The van der Waals surface area contributed by atoms with Gasteiger partial charge in [-0.3, -0.25) is 9.89 Å². The van der Waals surface area contributed by atoms with Crippen molar-refractivity contribution in [2.45, 2.75) is 64.3 Å².